The van der Waals surface area contributed by atoms with Gasteiger partial charge in [0, 0.05) is 36.8 Å². The van der Waals surface area contributed by atoms with E-state index in [1.807, 2.05) is 0 Å². The lowest BCUT2D eigenvalue weighted by molar-refractivity contribution is -0.384. The van der Waals surface area contributed by atoms with Gasteiger partial charge in [0.05, 0.1) is 4.92 Å². The summed E-state index contributed by atoms with van der Waals surface area (Å²) < 4.78 is 0. The van der Waals surface area contributed by atoms with Gasteiger partial charge < -0.3 is 10.6 Å². The van der Waals surface area contributed by atoms with Crippen molar-refractivity contribution in [3.63, 3.8) is 0 Å². The molecule has 2 aliphatic rings. The van der Waals surface area contributed by atoms with Crippen LogP contribution < -0.4 is 10.6 Å². The summed E-state index contributed by atoms with van der Waals surface area (Å²) in [5.74, 6) is 0.846. The summed E-state index contributed by atoms with van der Waals surface area (Å²) in [5, 5.41) is 16.8. The molecule has 6 heteroatoms. The van der Waals surface area contributed by atoms with Crippen molar-refractivity contribution in [3.8, 4) is 0 Å². The molecule has 0 spiro atoms. The van der Waals surface area contributed by atoms with E-state index in [0.717, 1.165) is 13.1 Å². The number of amides is 1. The van der Waals surface area contributed by atoms with Gasteiger partial charge in [-0.05, 0) is 17.9 Å². The summed E-state index contributed by atoms with van der Waals surface area (Å²) in [4.78, 5) is 22.1. The third-order valence-electron chi connectivity index (χ3n) is 3.71. The number of carbonyl (C=O) groups is 1. The first kappa shape index (κ1) is 11.2. The number of fused-ring (bicyclic) bond motifs is 1. The molecular weight excluding hydrogens is 234 g/mol. The maximum atomic E-state index is 11.9. The van der Waals surface area contributed by atoms with Crippen LogP contribution in [-0.4, -0.2) is 30.0 Å². The zero-order valence-electron chi connectivity index (χ0n) is 9.63. The Morgan fingerprint density at radius 3 is 2.78 bits per heavy atom. The first-order valence-corrected chi connectivity index (χ1v) is 5.93. The zero-order chi connectivity index (χ0) is 12.7. The van der Waals surface area contributed by atoms with Gasteiger partial charge in [-0.3, -0.25) is 14.9 Å². The number of rotatable bonds is 3. The maximum absolute atomic E-state index is 11.9. The Balaban J connectivity index is 1.69. The van der Waals surface area contributed by atoms with Gasteiger partial charge in [-0.2, -0.15) is 0 Å². The first-order valence-electron chi connectivity index (χ1n) is 5.93. The number of carbonyl (C=O) groups excluding carboxylic acids is 1. The summed E-state index contributed by atoms with van der Waals surface area (Å²) in [5.41, 5.74) is 0.294. The summed E-state index contributed by atoms with van der Waals surface area (Å²) in [7, 11) is 0. The number of hydrogen-bond acceptors (Lipinski definition) is 4. The number of non-ortho nitro benzene ring substituents is 1. The van der Waals surface area contributed by atoms with Crippen LogP contribution in [0, 0.1) is 22.0 Å². The molecule has 0 bridgehead atoms. The quantitative estimate of drug-likeness (QED) is 0.603. The Bertz CT molecular complexity index is 507. The van der Waals surface area contributed by atoms with Gasteiger partial charge in [0.2, 0.25) is 0 Å². The van der Waals surface area contributed by atoms with E-state index in [4.69, 9.17) is 0 Å². The third-order valence-corrected chi connectivity index (χ3v) is 3.71. The molecule has 1 heterocycles. The Hall–Kier alpha value is -1.95. The van der Waals surface area contributed by atoms with Crippen molar-refractivity contribution in [3.05, 3.63) is 39.9 Å². The van der Waals surface area contributed by atoms with Crippen molar-refractivity contribution in [1.82, 2.24) is 10.6 Å². The highest BCUT2D eigenvalue weighted by Crippen LogP contribution is 2.41. The minimum absolute atomic E-state index is 0.0553. The molecule has 0 radical (unpaired) electrons. The molecule has 94 valence electrons. The highest BCUT2D eigenvalue weighted by Gasteiger charge is 2.53. The van der Waals surface area contributed by atoms with Gasteiger partial charge >= 0.3 is 0 Å². The fourth-order valence-corrected chi connectivity index (χ4v) is 2.63. The van der Waals surface area contributed by atoms with E-state index in [-0.39, 0.29) is 17.6 Å². The fourth-order valence-electron chi connectivity index (χ4n) is 2.63. The normalized spacial score (nSPS) is 28.6. The average Bonchev–Trinajstić information content (AvgIpc) is 2.81. The van der Waals surface area contributed by atoms with Gasteiger partial charge in [0.25, 0.3) is 11.6 Å². The monoisotopic (exact) mass is 247 g/mol. The fraction of sp³-hybridized carbons (Fsp3) is 0.417. The van der Waals surface area contributed by atoms with Gasteiger partial charge in [0.15, 0.2) is 0 Å². The number of hydrogen-bond donors (Lipinski definition) is 2. The number of nitrogens with one attached hydrogen (secondary N) is 2. The number of nitro benzene ring substituents is 1. The van der Waals surface area contributed by atoms with E-state index >= 15 is 0 Å². The standard InChI is InChI=1S/C12H13N3O3/c16-12(14-11-9-5-13-6-10(9)11)7-2-1-3-8(4-7)15(17)18/h1-4,9-11,13H,5-6H2,(H,14,16). The largest absolute Gasteiger partial charge is 0.349 e. The van der Waals surface area contributed by atoms with Crippen LogP contribution in [0.1, 0.15) is 10.4 Å². The Morgan fingerprint density at radius 1 is 1.39 bits per heavy atom. The molecule has 1 aromatic rings. The van der Waals surface area contributed by atoms with E-state index in [0.29, 0.717) is 17.4 Å². The average molecular weight is 247 g/mol. The van der Waals surface area contributed by atoms with Crippen molar-refractivity contribution < 1.29 is 9.72 Å². The molecule has 6 nitrogen and oxygen atoms in total. The zero-order valence-corrected chi connectivity index (χ0v) is 9.63. The minimum atomic E-state index is -0.493. The number of nitrogens with zero attached hydrogens (tertiary/aromatic N) is 1. The molecule has 2 fully saturated rings. The van der Waals surface area contributed by atoms with Crippen LogP contribution in [-0.2, 0) is 0 Å². The summed E-state index contributed by atoms with van der Waals surface area (Å²) in [6.45, 7) is 1.90. The summed E-state index contributed by atoms with van der Waals surface area (Å²) >= 11 is 0. The molecule has 1 amide bonds. The van der Waals surface area contributed by atoms with Crippen molar-refractivity contribution in [1.29, 1.82) is 0 Å². The van der Waals surface area contributed by atoms with Crippen molar-refractivity contribution in [2.75, 3.05) is 13.1 Å². The third kappa shape index (κ3) is 1.84. The molecule has 2 unspecified atom stereocenters. The molecule has 1 aromatic carbocycles. The van der Waals surface area contributed by atoms with Gasteiger partial charge in [0.1, 0.15) is 0 Å². The second-order valence-corrected chi connectivity index (χ2v) is 4.79. The molecule has 2 atom stereocenters. The minimum Gasteiger partial charge on any atom is -0.349 e. The van der Waals surface area contributed by atoms with E-state index < -0.39 is 4.92 Å². The molecule has 18 heavy (non-hydrogen) atoms. The van der Waals surface area contributed by atoms with E-state index in [1.165, 1.54) is 18.2 Å². The van der Waals surface area contributed by atoms with Crippen LogP contribution in [0.3, 0.4) is 0 Å². The highest BCUT2D eigenvalue weighted by molar-refractivity contribution is 5.95. The van der Waals surface area contributed by atoms with Crippen molar-refractivity contribution in [2.45, 2.75) is 6.04 Å². The van der Waals surface area contributed by atoms with Gasteiger partial charge in [-0.1, -0.05) is 6.07 Å². The molecule has 2 N–H and O–H groups in total. The second-order valence-electron chi connectivity index (χ2n) is 4.79. The van der Waals surface area contributed by atoms with Crippen LogP contribution in [0.5, 0.6) is 0 Å². The molecule has 1 aliphatic heterocycles. The molecule has 1 saturated heterocycles. The van der Waals surface area contributed by atoms with Crippen molar-refractivity contribution >= 4 is 11.6 Å². The number of piperidine rings is 1. The Morgan fingerprint density at radius 2 is 2.11 bits per heavy atom. The Labute approximate surface area is 104 Å². The molecule has 1 saturated carbocycles. The lowest BCUT2D eigenvalue weighted by Gasteiger charge is -2.07. The van der Waals surface area contributed by atoms with E-state index in [1.54, 1.807) is 6.07 Å². The molecular formula is C12H13N3O3. The van der Waals surface area contributed by atoms with E-state index in [2.05, 4.69) is 10.6 Å². The van der Waals surface area contributed by atoms with Crippen LogP contribution in [0.25, 0.3) is 0 Å². The summed E-state index contributed by atoms with van der Waals surface area (Å²) in [6.07, 6.45) is 0. The van der Waals surface area contributed by atoms with Crippen LogP contribution in [0.4, 0.5) is 5.69 Å². The van der Waals surface area contributed by atoms with Crippen LogP contribution in [0.2, 0.25) is 0 Å². The SMILES string of the molecule is O=C(NC1C2CNCC21)c1cccc([N+](=O)[O-])c1. The van der Waals surface area contributed by atoms with Crippen LogP contribution in [0.15, 0.2) is 24.3 Å². The molecule has 1 aliphatic carbocycles. The predicted octanol–water partition coefficient (Wildman–Crippen LogP) is 0.542. The highest BCUT2D eigenvalue weighted by atomic mass is 16.6. The summed E-state index contributed by atoms with van der Waals surface area (Å²) in [6, 6.07) is 6.05. The lowest BCUT2D eigenvalue weighted by atomic mass is 10.2. The smallest absolute Gasteiger partial charge is 0.270 e. The number of nitro groups is 1. The van der Waals surface area contributed by atoms with Crippen LogP contribution >= 0.6 is 0 Å². The molecule has 3 rings (SSSR count). The van der Waals surface area contributed by atoms with Gasteiger partial charge in [-0.15, -0.1) is 0 Å². The first-order chi connectivity index (χ1) is 8.66. The second kappa shape index (κ2) is 4.06. The topological polar surface area (TPSA) is 84.3 Å². The lowest BCUT2D eigenvalue weighted by Crippen LogP contribution is -2.32. The maximum Gasteiger partial charge on any atom is 0.270 e. The van der Waals surface area contributed by atoms with E-state index in [9.17, 15) is 14.9 Å². The van der Waals surface area contributed by atoms with Gasteiger partial charge in [-0.25, -0.2) is 0 Å². The Kier molecular flexibility index (Phi) is 2.52. The van der Waals surface area contributed by atoms with Crippen molar-refractivity contribution in [2.24, 2.45) is 11.8 Å². The number of benzene rings is 1. The molecule has 0 aromatic heterocycles. The predicted molar refractivity (Wildman–Crippen MR) is 64.2 cm³/mol.